The number of carbonyl (C=O) groups is 1. The third-order valence-corrected chi connectivity index (χ3v) is 4.43. The summed E-state index contributed by atoms with van der Waals surface area (Å²) >= 11 is 0. The fraction of sp³-hybridized carbons (Fsp3) is 0.938. The maximum Gasteiger partial charge on any atom is 0.220 e. The average Bonchev–Trinajstić information content (AvgIpc) is 2.52. The van der Waals surface area contributed by atoms with Crippen molar-refractivity contribution in [1.82, 2.24) is 15.1 Å². The first kappa shape index (κ1) is 18.4. The van der Waals surface area contributed by atoms with Gasteiger partial charge in [-0.25, -0.2) is 0 Å². The molecule has 5 heteroatoms. The van der Waals surface area contributed by atoms with Gasteiger partial charge in [-0.1, -0.05) is 19.8 Å². The zero-order valence-electron chi connectivity index (χ0n) is 13.9. The van der Waals surface area contributed by atoms with E-state index in [4.69, 9.17) is 5.73 Å². The Hall–Kier alpha value is -0.650. The quantitative estimate of drug-likeness (QED) is 0.592. The van der Waals surface area contributed by atoms with Crippen LogP contribution in [0.5, 0.6) is 0 Å². The SMILES string of the molecule is CCN1CCN(C(C)CNC(=O)CCCCCCN)CC1. The van der Waals surface area contributed by atoms with E-state index in [0.29, 0.717) is 12.5 Å². The van der Waals surface area contributed by atoms with Crippen LogP contribution in [0.25, 0.3) is 0 Å². The molecule has 3 N–H and O–H groups in total. The highest BCUT2D eigenvalue weighted by atomic mass is 16.1. The molecule has 1 unspecified atom stereocenters. The van der Waals surface area contributed by atoms with Gasteiger partial charge in [0, 0.05) is 45.2 Å². The number of likely N-dealkylation sites (N-methyl/N-ethyl adjacent to an activating group) is 1. The largest absolute Gasteiger partial charge is 0.355 e. The van der Waals surface area contributed by atoms with Crippen LogP contribution < -0.4 is 11.1 Å². The number of rotatable bonds is 10. The molecule has 1 amide bonds. The Morgan fingerprint density at radius 1 is 1.14 bits per heavy atom. The topological polar surface area (TPSA) is 61.6 Å². The molecule has 1 heterocycles. The summed E-state index contributed by atoms with van der Waals surface area (Å²) in [7, 11) is 0. The minimum absolute atomic E-state index is 0.196. The molecule has 1 aliphatic rings. The van der Waals surface area contributed by atoms with Crippen molar-refractivity contribution in [3.05, 3.63) is 0 Å². The van der Waals surface area contributed by atoms with Crippen molar-refractivity contribution in [2.45, 2.75) is 52.0 Å². The molecular weight excluding hydrogens is 264 g/mol. The molecule has 0 aromatic rings. The molecule has 1 saturated heterocycles. The lowest BCUT2D eigenvalue weighted by atomic mass is 10.1. The number of carbonyl (C=O) groups excluding carboxylic acids is 1. The third-order valence-electron chi connectivity index (χ3n) is 4.43. The van der Waals surface area contributed by atoms with E-state index in [2.05, 4.69) is 29.0 Å². The Labute approximate surface area is 130 Å². The first-order valence-electron chi connectivity index (χ1n) is 8.60. The summed E-state index contributed by atoms with van der Waals surface area (Å²) in [5, 5.41) is 3.08. The van der Waals surface area contributed by atoms with E-state index in [9.17, 15) is 4.79 Å². The summed E-state index contributed by atoms with van der Waals surface area (Å²) in [6, 6.07) is 0.435. The summed E-state index contributed by atoms with van der Waals surface area (Å²) in [5.41, 5.74) is 5.45. The number of nitrogens with one attached hydrogen (secondary N) is 1. The van der Waals surface area contributed by atoms with Crippen LogP contribution in [0, 0.1) is 0 Å². The van der Waals surface area contributed by atoms with E-state index >= 15 is 0 Å². The molecule has 1 fully saturated rings. The lowest BCUT2D eigenvalue weighted by Gasteiger charge is -2.37. The minimum Gasteiger partial charge on any atom is -0.355 e. The third kappa shape index (κ3) is 7.79. The number of nitrogens with two attached hydrogens (primary N) is 1. The van der Waals surface area contributed by atoms with Crippen LogP contribution in [0.3, 0.4) is 0 Å². The van der Waals surface area contributed by atoms with Gasteiger partial charge in [0.05, 0.1) is 0 Å². The minimum atomic E-state index is 0.196. The van der Waals surface area contributed by atoms with Crippen molar-refractivity contribution in [2.24, 2.45) is 5.73 Å². The Morgan fingerprint density at radius 3 is 2.43 bits per heavy atom. The normalized spacial score (nSPS) is 18.6. The van der Waals surface area contributed by atoms with Gasteiger partial charge in [0.1, 0.15) is 0 Å². The fourth-order valence-corrected chi connectivity index (χ4v) is 2.78. The van der Waals surface area contributed by atoms with Crippen molar-refractivity contribution in [1.29, 1.82) is 0 Å². The average molecular weight is 298 g/mol. The van der Waals surface area contributed by atoms with Gasteiger partial charge < -0.3 is 16.0 Å². The number of unbranched alkanes of at least 4 members (excludes halogenated alkanes) is 3. The molecule has 1 rings (SSSR count). The van der Waals surface area contributed by atoms with Crippen LogP contribution >= 0.6 is 0 Å². The van der Waals surface area contributed by atoms with Crippen molar-refractivity contribution < 1.29 is 4.79 Å². The maximum atomic E-state index is 11.8. The lowest BCUT2D eigenvalue weighted by molar-refractivity contribution is -0.121. The molecular formula is C16H34N4O. The molecule has 5 nitrogen and oxygen atoms in total. The van der Waals surface area contributed by atoms with Crippen molar-refractivity contribution in [3.63, 3.8) is 0 Å². The zero-order chi connectivity index (χ0) is 15.5. The Balaban J connectivity index is 2.06. The van der Waals surface area contributed by atoms with Crippen LogP contribution in [0.1, 0.15) is 46.0 Å². The molecule has 0 aromatic carbocycles. The number of hydrogen-bond acceptors (Lipinski definition) is 4. The van der Waals surface area contributed by atoms with Gasteiger partial charge in [-0.15, -0.1) is 0 Å². The lowest BCUT2D eigenvalue weighted by Crippen LogP contribution is -2.52. The van der Waals surface area contributed by atoms with E-state index in [1.807, 2.05) is 0 Å². The van der Waals surface area contributed by atoms with Gasteiger partial charge in [-0.3, -0.25) is 9.69 Å². The summed E-state index contributed by atoms with van der Waals surface area (Å²) in [4.78, 5) is 16.8. The van der Waals surface area contributed by atoms with E-state index in [-0.39, 0.29) is 5.91 Å². The number of nitrogens with zero attached hydrogens (tertiary/aromatic N) is 2. The highest BCUT2D eigenvalue weighted by molar-refractivity contribution is 5.75. The van der Waals surface area contributed by atoms with Crippen LogP contribution in [0.4, 0.5) is 0 Å². The molecule has 0 spiro atoms. The predicted molar refractivity (Wildman–Crippen MR) is 88.3 cm³/mol. The van der Waals surface area contributed by atoms with Crippen LogP contribution in [0.2, 0.25) is 0 Å². The van der Waals surface area contributed by atoms with E-state index in [0.717, 1.165) is 71.5 Å². The molecule has 0 aromatic heterocycles. The van der Waals surface area contributed by atoms with Crippen molar-refractivity contribution in [2.75, 3.05) is 45.8 Å². The monoisotopic (exact) mass is 298 g/mol. The van der Waals surface area contributed by atoms with Crippen LogP contribution in [-0.2, 0) is 4.79 Å². The number of amides is 1. The molecule has 0 aliphatic carbocycles. The van der Waals surface area contributed by atoms with Gasteiger partial charge in [-0.05, 0) is 32.9 Å². The molecule has 0 radical (unpaired) electrons. The van der Waals surface area contributed by atoms with Crippen molar-refractivity contribution in [3.8, 4) is 0 Å². The van der Waals surface area contributed by atoms with Crippen LogP contribution in [-0.4, -0.2) is 67.6 Å². The summed E-state index contributed by atoms with van der Waals surface area (Å²) in [6.07, 6.45) is 4.96. The van der Waals surface area contributed by atoms with E-state index in [1.165, 1.54) is 0 Å². The second kappa shape index (κ2) is 11.0. The first-order valence-corrected chi connectivity index (χ1v) is 8.60. The van der Waals surface area contributed by atoms with Gasteiger partial charge in [0.15, 0.2) is 0 Å². The molecule has 0 saturated carbocycles. The zero-order valence-corrected chi connectivity index (χ0v) is 13.9. The predicted octanol–water partition coefficient (Wildman–Crippen LogP) is 1.04. The van der Waals surface area contributed by atoms with Crippen LogP contribution in [0.15, 0.2) is 0 Å². The first-order chi connectivity index (χ1) is 10.2. The molecule has 0 bridgehead atoms. The summed E-state index contributed by atoms with van der Waals surface area (Å²) in [6.45, 7) is 11.6. The van der Waals surface area contributed by atoms with Crippen molar-refractivity contribution >= 4 is 5.91 Å². The Bertz CT molecular complexity index is 277. The fourth-order valence-electron chi connectivity index (χ4n) is 2.78. The van der Waals surface area contributed by atoms with Gasteiger partial charge >= 0.3 is 0 Å². The standard InChI is InChI=1S/C16H34N4O/c1-3-19-10-12-20(13-11-19)15(2)14-18-16(21)8-6-4-5-7-9-17/h15H,3-14,17H2,1-2H3,(H,18,21). The second-order valence-corrected chi connectivity index (χ2v) is 6.08. The smallest absolute Gasteiger partial charge is 0.220 e. The molecule has 124 valence electrons. The molecule has 1 atom stereocenters. The molecule has 1 aliphatic heterocycles. The Morgan fingerprint density at radius 2 is 1.81 bits per heavy atom. The second-order valence-electron chi connectivity index (χ2n) is 6.08. The molecule has 21 heavy (non-hydrogen) atoms. The highest BCUT2D eigenvalue weighted by Gasteiger charge is 2.20. The maximum absolute atomic E-state index is 11.8. The van der Waals surface area contributed by atoms with E-state index < -0.39 is 0 Å². The van der Waals surface area contributed by atoms with E-state index in [1.54, 1.807) is 0 Å². The summed E-state index contributed by atoms with van der Waals surface area (Å²) in [5.74, 6) is 0.196. The van der Waals surface area contributed by atoms with Gasteiger partial charge in [0.25, 0.3) is 0 Å². The highest BCUT2D eigenvalue weighted by Crippen LogP contribution is 2.06. The number of piperazine rings is 1. The van der Waals surface area contributed by atoms with Gasteiger partial charge in [-0.2, -0.15) is 0 Å². The Kier molecular flexibility index (Phi) is 9.63. The number of hydrogen-bond donors (Lipinski definition) is 2. The van der Waals surface area contributed by atoms with Gasteiger partial charge in [0.2, 0.25) is 5.91 Å². The summed E-state index contributed by atoms with van der Waals surface area (Å²) < 4.78 is 0.